The summed E-state index contributed by atoms with van der Waals surface area (Å²) >= 11 is 12.6. The fourth-order valence-electron chi connectivity index (χ4n) is 4.85. The lowest BCUT2D eigenvalue weighted by atomic mass is 9.89. The Morgan fingerprint density at radius 2 is 1.79 bits per heavy atom. The van der Waals surface area contributed by atoms with Gasteiger partial charge in [-0.15, -0.1) is 0 Å². The van der Waals surface area contributed by atoms with Crippen molar-refractivity contribution < 1.29 is 9.53 Å². The monoisotopic (exact) mass is 481 g/mol. The molecule has 5 nitrogen and oxygen atoms in total. The summed E-state index contributed by atoms with van der Waals surface area (Å²) in [6.45, 7) is 2.34. The van der Waals surface area contributed by atoms with E-state index in [1.165, 1.54) is 0 Å². The molecule has 0 unspecified atom stereocenters. The molecule has 1 amide bonds. The highest BCUT2D eigenvalue weighted by Crippen LogP contribution is 2.41. The van der Waals surface area contributed by atoms with Gasteiger partial charge in [-0.2, -0.15) is 0 Å². The van der Waals surface area contributed by atoms with Crippen LogP contribution in [0.2, 0.25) is 10.0 Å². The van der Waals surface area contributed by atoms with E-state index in [2.05, 4.69) is 10.2 Å². The lowest BCUT2D eigenvalue weighted by molar-refractivity contribution is 0.0904. The second-order valence-corrected chi connectivity index (χ2v) is 9.40. The molecule has 3 aromatic rings. The van der Waals surface area contributed by atoms with Crippen LogP contribution in [0.25, 0.3) is 0 Å². The molecule has 1 N–H and O–H groups in total. The molecule has 0 aliphatic carbocycles. The number of amides is 1. The fraction of sp³-hybridized carbons (Fsp3) is 0.269. The molecule has 7 heteroatoms. The third-order valence-electron chi connectivity index (χ3n) is 6.55. The molecule has 2 heterocycles. The average molecular weight is 482 g/mol. The van der Waals surface area contributed by atoms with Gasteiger partial charge in [0.05, 0.1) is 18.4 Å². The van der Waals surface area contributed by atoms with E-state index < -0.39 is 5.66 Å². The summed E-state index contributed by atoms with van der Waals surface area (Å²) in [5.41, 5.74) is 2.88. The number of hydrogen-bond donors (Lipinski definition) is 1. The summed E-state index contributed by atoms with van der Waals surface area (Å²) in [6, 6.07) is 21.0. The third-order valence-corrected chi connectivity index (χ3v) is 7.16. The van der Waals surface area contributed by atoms with Gasteiger partial charge in [0.1, 0.15) is 11.4 Å². The molecule has 0 radical (unpaired) electrons. The van der Waals surface area contributed by atoms with E-state index in [1.54, 1.807) is 13.2 Å². The summed E-state index contributed by atoms with van der Waals surface area (Å²) in [5, 5.41) is 5.13. The first kappa shape index (κ1) is 22.1. The van der Waals surface area contributed by atoms with Crippen LogP contribution in [-0.2, 0) is 6.54 Å². The van der Waals surface area contributed by atoms with E-state index in [4.69, 9.17) is 27.9 Å². The molecule has 0 bridgehead atoms. The van der Waals surface area contributed by atoms with Crippen LogP contribution in [0.5, 0.6) is 5.75 Å². The predicted molar refractivity (Wildman–Crippen MR) is 134 cm³/mol. The molecule has 33 heavy (non-hydrogen) atoms. The van der Waals surface area contributed by atoms with E-state index in [0.717, 1.165) is 60.2 Å². The van der Waals surface area contributed by atoms with Crippen LogP contribution in [0.4, 0.5) is 11.4 Å². The largest absolute Gasteiger partial charge is 0.497 e. The highest BCUT2D eigenvalue weighted by Gasteiger charge is 2.47. The lowest BCUT2D eigenvalue weighted by Crippen LogP contribution is -2.64. The molecule has 1 spiro atoms. The van der Waals surface area contributed by atoms with Crippen LogP contribution < -0.4 is 15.0 Å². The van der Waals surface area contributed by atoms with E-state index in [-0.39, 0.29) is 5.91 Å². The Hall–Kier alpha value is -2.73. The maximum absolute atomic E-state index is 13.7. The fourth-order valence-corrected chi connectivity index (χ4v) is 5.22. The average Bonchev–Trinajstić information content (AvgIpc) is 2.83. The number of hydrogen-bond acceptors (Lipinski definition) is 4. The van der Waals surface area contributed by atoms with Crippen molar-refractivity contribution >= 4 is 40.5 Å². The molecule has 170 valence electrons. The third kappa shape index (κ3) is 4.17. The number of halogens is 2. The summed E-state index contributed by atoms with van der Waals surface area (Å²) in [4.78, 5) is 18.0. The van der Waals surface area contributed by atoms with Gasteiger partial charge in [-0.05, 0) is 48.0 Å². The van der Waals surface area contributed by atoms with Crippen LogP contribution in [-0.4, -0.2) is 36.7 Å². The number of nitrogens with one attached hydrogen (secondary N) is 1. The molecule has 0 aromatic heterocycles. The second kappa shape index (κ2) is 8.90. The molecular weight excluding hydrogens is 457 g/mol. The molecule has 1 saturated heterocycles. The van der Waals surface area contributed by atoms with Gasteiger partial charge in [0.15, 0.2) is 0 Å². The smallest absolute Gasteiger partial charge is 0.262 e. The minimum atomic E-state index is -0.521. The Labute approximate surface area is 203 Å². The van der Waals surface area contributed by atoms with Crippen LogP contribution in [0, 0.1) is 0 Å². The van der Waals surface area contributed by atoms with Gasteiger partial charge in [-0.3, -0.25) is 14.6 Å². The first-order valence-electron chi connectivity index (χ1n) is 11.0. The predicted octanol–water partition coefficient (Wildman–Crippen LogP) is 6.07. The zero-order valence-corrected chi connectivity index (χ0v) is 19.9. The molecule has 0 atom stereocenters. The number of rotatable bonds is 4. The zero-order valence-electron chi connectivity index (χ0n) is 18.4. The molecule has 5 rings (SSSR count). The van der Waals surface area contributed by atoms with Crippen molar-refractivity contribution in [3.63, 3.8) is 0 Å². The summed E-state index contributed by atoms with van der Waals surface area (Å²) < 4.78 is 5.44. The van der Waals surface area contributed by atoms with E-state index in [0.29, 0.717) is 10.6 Å². The number of anilines is 2. The normalized spacial score (nSPS) is 17.5. The minimum absolute atomic E-state index is 0.00365. The van der Waals surface area contributed by atoms with Crippen molar-refractivity contribution in [3.8, 4) is 5.75 Å². The Morgan fingerprint density at radius 1 is 1.00 bits per heavy atom. The summed E-state index contributed by atoms with van der Waals surface area (Å²) in [6.07, 6.45) is 1.53. The standard InChI is InChI=1S/C26H25Cl2N3O2/c1-33-21-6-4-5-20(16-21)31-25(32)22-7-2-3-8-24(22)29-26(31)11-13-30(14-12-26)17-18-15-19(27)9-10-23(18)28/h2-10,15-16,29H,11-14,17H2,1H3. The van der Waals surface area contributed by atoms with E-state index in [9.17, 15) is 4.79 Å². The number of likely N-dealkylation sites (tertiary alicyclic amines) is 1. The number of carbonyl (C=O) groups is 1. The summed E-state index contributed by atoms with van der Waals surface area (Å²) in [5.74, 6) is 0.728. The van der Waals surface area contributed by atoms with Crippen molar-refractivity contribution in [1.29, 1.82) is 0 Å². The molecule has 2 aliphatic heterocycles. The van der Waals surface area contributed by atoms with Gasteiger partial charge >= 0.3 is 0 Å². The Kier molecular flexibility index (Phi) is 5.95. The molecule has 0 saturated carbocycles. The highest BCUT2D eigenvalue weighted by molar-refractivity contribution is 6.33. The maximum Gasteiger partial charge on any atom is 0.262 e. The van der Waals surface area contributed by atoms with Crippen molar-refractivity contribution in [2.24, 2.45) is 0 Å². The minimum Gasteiger partial charge on any atom is -0.497 e. The van der Waals surface area contributed by atoms with Crippen LogP contribution >= 0.6 is 23.2 Å². The van der Waals surface area contributed by atoms with E-state index in [1.807, 2.05) is 65.6 Å². The van der Waals surface area contributed by atoms with Gasteiger partial charge in [0.2, 0.25) is 0 Å². The van der Waals surface area contributed by atoms with Gasteiger partial charge in [-0.25, -0.2) is 0 Å². The van der Waals surface area contributed by atoms with Crippen LogP contribution in [0.15, 0.2) is 66.7 Å². The Morgan fingerprint density at radius 3 is 2.58 bits per heavy atom. The Bertz CT molecular complexity index is 1190. The first-order chi connectivity index (χ1) is 16.0. The maximum atomic E-state index is 13.7. The lowest BCUT2D eigenvalue weighted by Gasteiger charge is -2.52. The number of para-hydroxylation sites is 1. The number of fused-ring (bicyclic) bond motifs is 1. The van der Waals surface area contributed by atoms with Crippen molar-refractivity contribution in [1.82, 2.24) is 4.90 Å². The van der Waals surface area contributed by atoms with Gasteiger partial charge in [0, 0.05) is 54.3 Å². The SMILES string of the molecule is COc1cccc(N2C(=O)c3ccccc3NC23CCN(Cc2cc(Cl)ccc2Cl)CC3)c1. The topological polar surface area (TPSA) is 44.8 Å². The van der Waals surface area contributed by atoms with Crippen molar-refractivity contribution in [3.05, 3.63) is 87.9 Å². The summed E-state index contributed by atoms with van der Waals surface area (Å²) in [7, 11) is 1.64. The van der Waals surface area contributed by atoms with Crippen molar-refractivity contribution in [2.45, 2.75) is 25.0 Å². The molecular formula is C26H25Cl2N3O2. The number of piperidine rings is 1. The second-order valence-electron chi connectivity index (χ2n) is 8.56. The van der Waals surface area contributed by atoms with Crippen molar-refractivity contribution in [2.75, 3.05) is 30.4 Å². The molecule has 3 aromatic carbocycles. The number of carbonyl (C=O) groups excluding carboxylic acids is 1. The van der Waals surface area contributed by atoms with Gasteiger partial charge in [-0.1, -0.05) is 41.4 Å². The zero-order chi connectivity index (χ0) is 23.0. The quantitative estimate of drug-likeness (QED) is 0.491. The number of methoxy groups -OCH3 is 1. The molecule has 1 fully saturated rings. The number of nitrogens with zero attached hydrogens (tertiary/aromatic N) is 2. The molecule has 2 aliphatic rings. The first-order valence-corrected chi connectivity index (χ1v) is 11.8. The number of benzene rings is 3. The van der Waals surface area contributed by atoms with Gasteiger partial charge in [0.25, 0.3) is 5.91 Å². The highest BCUT2D eigenvalue weighted by atomic mass is 35.5. The van der Waals surface area contributed by atoms with E-state index >= 15 is 0 Å². The Balaban J connectivity index is 1.46. The van der Waals surface area contributed by atoms with Crippen LogP contribution in [0.1, 0.15) is 28.8 Å². The van der Waals surface area contributed by atoms with Gasteiger partial charge < -0.3 is 10.1 Å². The number of ether oxygens (including phenoxy) is 1. The van der Waals surface area contributed by atoms with Crippen LogP contribution in [0.3, 0.4) is 0 Å².